The first-order valence-corrected chi connectivity index (χ1v) is 6.92. The zero-order chi connectivity index (χ0) is 14.7. The van der Waals surface area contributed by atoms with Crippen molar-refractivity contribution in [1.82, 2.24) is 0 Å². The van der Waals surface area contributed by atoms with Crippen molar-refractivity contribution in [2.75, 3.05) is 0 Å². The molecule has 0 aliphatic carbocycles. The molecule has 2 N–H and O–H groups in total. The number of thiophene rings is 1. The van der Waals surface area contributed by atoms with Gasteiger partial charge in [-0.15, -0.1) is 11.3 Å². The van der Waals surface area contributed by atoms with Crippen molar-refractivity contribution in [2.24, 2.45) is 0 Å². The van der Waals surface area contributed by atoms with E-state index in [4.69, 9.17) is 5.11 Å². The van der Waals surface area contributed by atoms with E-state index in [-0.39, 0.29) is 0 Å². The Bertz CT molecular complexity index is 618. The van der Waals surface area contributed by atoms with Crippen LogP contribution in [0, 0.1) is 0 Å². The van der Waals surface area contributed by atoms with Crippen molar-refractivity contribution >= 4 is 23.3 Å². The monoisotopic (exact) mass is 290 g/mol. The second kappa shape index (κ2) is 5.88. The Morgan fingerprint density at radius 1 is 0.950 bits per heavy atom. The highest BCUT2D eigenvalue weighted by atomic mass is 32.1. The Labute approximate surface area is 120 Å². The predicted molar refractivity (Wildman–Crippen MR) is 76.3 cm³/mol. The van der Waals surface area contributed by atoms with Gasteiger partial charge in [0.05, 0.1) is 5.92 Å². The third kappa shape index (κ3) is 2.88. The largest absolute Gasteiger partial charge is 0.481 e. The van der Waals surface area contributed by atoms with Crippen LogP contribution in [-0.4, -0.2) is 22.2 Å². The van der Waals surface area contributed by atoms with Crippen LogP contribution in [0.5, 0.6) is 0 Å². The fourth-order valence-electron chi connectivity index (χ4n) is 1.95. The number of carboxylic acids is 2. The highest BCUT2D eigenvalue weighted by Crippen LogP contribution is 2.33. The van der Waals surface area contributed by atoms with E-state index in [1.165, 1.54) is 11.3 Å². The lowest BCUT2D eigenvalue weighted by molar-refractivity contribution is -0.139. The summed E-state index contributed by atoms with van der Waals surface area (Å²) < 4.78 is 0. The molecule has 1 heterocycles. The molecule has 0 fully saturated rings. The molecular weight excluding hydrogens is 276 g/mol. The van der Waals surface area contributed by atoms with E-state index in [0.717, 1.165) is 0 Å². The minimum atomic E-state index is -0.937. The van der Waals surface area contributed by atoms with E-state index < -0.39 is 23.8 Å². The van der Waals surface area contributed by atoms with Crippen molar-refractivity contribution in [3.63, 3.8) is 0 Å². The molecule has 2 atom stereocenters. The molecular formula is C15H14O4S. The van der Waals surface area contributed by atoms with Gasteiger partial charge in [0.15, 0.2) is 0 Å². The molecule has 2 unspecified atom stereocenters. The lowest BCUT2D eigenvalue weighted by atomic mass is 9.98. The molecule has 1 aromatic carbocycles. The molecule has 20 heavy (non-hydrogen) atoms. The minimum absolute atomic E-state index is 0.626. The molecule has 4 nitrogen and oxygen atoms in total. The number of carboxylic acid groups (broad SMARTS) is 2. The minimum Gasteiger partial charge on any atom is -0.481 e. The highest BCUT2D eigenvalue weighted by molar-refractivity contribution is 7.12. The molecule has 2 rings (SSSR count). The average molecular weight is 290 g/mol. The summed E-state index contributed by atoms with van der Waals surface area (Å²) in [5.74, 6) is -3.23. The molecule has 1 aromatic heterocycles. The van der Waals surface area contributed by atoms with Crippen LogP contribution in [-0.2, 0) is 9.59 Å². The molecule has 0 saturated heterocycles. The number of hydrogen-bond donors (Lipinski definition) is 2. The molecule has 0 amide bonds. The number of rotatable bonds is 5. The van der Waals surface area contributed by atoms with E-state index in [2.05, 4.69) is 0 Å². The van der Waals surface area contributed by atoms with E-state index >= 15 is 0 Å². The normalized spacial score (nSPS) is 13.7. The summed E-state index contributed by atoms with van der Waals surface area (Å²) >= 11 is 1.24. The summed E-state index contributed by atoms with van der Waals surface area (Å²) in [6, 6.07) is 12.3. The lowest BCUT2D eigenvalue weighted by Gasteiger charge is -2.10. The first-order chi connectivity index (χ1) is 9.50. The summed E-state index contributed by atoms with van der Waals surface area (Å²) in [7, 11) is 0. The average Bonchev–Trinajstić information content (AvgIpc) is 2.88. The van der Waals surface area contributed by atoms with Crippen LogP contribution < -0.4 is 0 Å². The number of hydrogen-bond acceptors (Lipinski definition) is 3. The summed E-state index contributed by atoms with van der Waals surface area (Å²) in [6.45, 7) is 1.59. The zero-order valence-corrected chi connectivity index (χ0v) is 11.6. The van der Waals surface area contributed by atoms with Crippen molar-refractivity contribution in [1.29, 1.82) is 0 Å². The summed E-state index contributed by atoms with van der Waals surface area (Å²) in [5.41, 5.74) is 0.691. The van der Waals surface area contributed by atoms with Crippen LogP contribution in [0.15, 0.2) is 42.5 Å². The molecule has 0 bridgehead atoms. The first kappa shape index (κ1) is 14.3. The molecule has 0 radical (unpaired) electrons. The fraction of sp³-hybridized carbons (Fsp3) is 0.200. The molecule has 2 aromatic rings. The Kier molecular flexibility index (Phi) is 4.20. The molecule has 0 aliphatic heterocycles. The van der Waals surface area contributed by atoms with Crippen LogP contribution in [0.4, 0.5) is 0 Å². The molecule has 0 spiro atoms. The van der Waals surface area contributed by atoms with Gasteiger partial charge >= 0.3 is 11.9 Å². The maximum absolute atomic E-state index is 11.5. The summed E-state index contributed by atoms with van der Waals surface area (Å²) in [4.78, 5) is 23.8. The number of aliphatic carboxylic acids is 2. The first-order valence-electron chi connectivity index (χ1n) is 6.11. The highest BCUT2D eigenvalue weighted by Gasteiger charge is 2.25. The van der Waals surface area contributed by atoms with Crippen LogP contribution in [0.3, 0.4) is 0 Å². The van der Waals surface area contributed by atoms with Crippen LogP contribution in [0.25, 0.3) is 0 Å². The maximum Gasteiger partial charge on any atom is 0.316 e. The van der Waals surface area contributed by atoms with Gasteiger partial charge in [-0.1, -0.05) is 30.3 Å². The Hall–Kier alpha value is -2.14. The van der Waals surface area contributed by atoms with Gasteiger partial charge in [-0.05, 0) is 24.6 Å². The second-order valence-corrected chi connectivity index (χ2v) is 5.63. The van der Waals surface area contributed by atoms with Gasteiger partial charge < -0.3 is 10.2 Å². The molecule has 104 valence electrons. The number of benzene rings is 1. The van der Waals surface area contributed by atoms with Gasteiger partial charge in [-0.3, -0.25) is 9.59 Å². The maximum atomic E-state index is 11.5. The second-order valence-electron chi connectivity index (χ2n) is 4.48. The van der Waals surface area contributed by atoms with Crippen molar-refractivity contribution in [3.8, 4) is 0 Å². The Morgan fingerprint density at radius 3 is 2.10 bits per heavy atom. The molecule has 0 aliphatic rings. The van der Waals surface area contributed by atoms with Crippen LogP contribution in [0.1, 0.15) is 34.1 Å². The quantitative estimate of drug-likeness (QED) is 0.887. The van der Waals surface area contributed by atoms with Gasteiger partial charge in [0.25, 0.3) is 0 Å². The smallest absolute Gasteiger partial charge is 0.316 e. The van der Waals surface area contributed by atoms with E-state index in [9.17, 15) is 14.7 Å². The molecule has 0 saturated carbocycles. The Balaban J connectivity index is 2.37. The van der Waals surface area contributed by atoms with Crippen LogP contribution >= 0.6 is 11.3 Å². The Morgan fingerprint density at radius 2 is 1.55 bits per heavy atom. The van der Waals surface area contributed by atoms with Gasteiger partial charge in [0, 0.05) is 9.75 Å². The van der Waals surface area contributed by atoms with Crippen molar-refractivity contribution in [3.05, 3.63) is 57.8 Å². The van der Waals surface area contributed by atoms with E-state index in [0.29, 0.717) is 15.3 Å². The predicted octanol–water partition coefficient (Wildman–Crippen LogP) is 3.15. The van der Waals surface area contributed by atoms with Crippen LogP contribution in [0.2, 0.25) is 0 Å². The SMILES string of the molecule is CC(C(=O)O)c1ccc(C(C(=O)O)c2ccccc2)s1. The topological polar surface area (TPSA) is 74.6 Å². The summed E-state index contributed by atoms with van der Waals surface area (Å²) in [6.07, 6.45) is 0. The third-order valence-corrected chi connectivity index (χ3v) is 4.44. The van der Waals surface area contributed by atoms with Crippen molar-refractivity contribution < 1.29 is 19.8 Å². The standard InChI is InChI=1S/C15H14O4S/c1-9(14(16)17)11-7-8-12(20-11)13(15(18)19)10-5-3-2-4-6-10/h2-9,13H,1H3,(H,16,17)(H,18,19). The van der Waals surface area contributed by atoms with Gasteiger partial charge in [0.2, 0.25) is 0 Å². The molecule has 5 heteroatoms. The van der Waals surface area contributed by atoms with Crippen molar-refractivity contribution in [2.45, 2.75) is 18.8 Å². The van der Waals surface area contributed by atoms with Gasteiger partial charge in [-0.2, -0.15) is 0 Å². The zero-order valence-electron chi connectivity index (χ0n) is 10.8. The fourth-order valence-corrected chi connectivity index (χ4v) is 3.13. The summed E-state index contributed by atoms with van der Waals surface area (Å²) in [5, 5.41) is 18.4. The van der Waals surface area contributed by atoms with E-state index in [1.54, 1.807) is 43.3 Å². The number of carbonyl (C=O) groups is 2. The van der Waals surface area contributed by atoms with Gasteiger partial charge in [0.1, 0.15) is 5.92 Å². The lowest BCUT2D eigenvalue weighted by Crippen LogP contribution is -2.11. The van der Waals surface area contributed by atoms with E-state index in [1.807, 2.05) is 6.07 Å². The van der Waals surface area contributed by atoms with Gasteiger partial charge in [-0.25, -0.2) is 0 Å². The third-order valence-electron chi connectivity index (χ3n) is 3.11.